The first-order valence-corrected chi connectivity index (χ1v) is 4.84. The monoisotopic (exact) mass is 211 g/mol. The van der Waals surface area contributed by atoms with E-state index in [1.807, 2.05) is 6.92 Å². The topological polar surface area (TPSA) is 74.7 Å². The van der Waals surface area contributed by atoms with Gasteiger partial charge in [0.15, 0.2) is 0 Å². The molecule has 0 saturated heterocycles. The lowest BCUT2D eigenvalue weighted by atomic mass is 10.1. The van der Waals surface area contributed by atoms with Gasteiger partial charge >= 0.3 is 5.97 Å². The van der Waals surface area contributed by atoms with E-state index in [4.69, 9.17) is 5.11 Å². The Hall–Kier alpha value is -1.65. The molecule has 5 heteroatoms. The van der Waals surface area contributed by atoms with Gasteiger partial charge in [-0.1, -0.05) is 13.3 Å². The van der Waals surface area contributed by atoms with Crippen LogP contribution < -0.4 is 0 Å². The minimum atomic E-state index is -1.01. The van der Waals surface area contributed by atoms with Crippen molar-refractivity contribution in [3.63, 3.8) is 0 Å². The summed E-state index contributed by atoms with van der Waals surface area (Å²) in [6.45, 7) is 1.87. The van der Waals surface area contributed by atoms with E-state index in [2.05, 4.69) is 0 Å². The number of hydrogen-bond donors (Lipinski definition) is 1. The molecule has 0 aromatic carbocycles. The third kappa shape index (κ3) is 2.65. The highest BCUT2D eigenvalue weighted by molar-refractivity contribution is 6.16. The summed E-state index contributed by atoms with van der Waals surface area (Å²) >= 11 is 0. The van der Waals surface area contributed by atoms with Crippen LogP contribution >= 0.6 is 0 Å². The SMILES string of the molecule is CCCC1=CC(=O)N(CCC(=O)O)C1=O. The summed E-state index contributed by atoms with van der Waals surface area (Å²) in [4.78, 5) is 34.2. The summed E-state index contributed by atoms with van der Waals surface area (Å²) < 4.78 is 0. The van der Waals surface area contributed by atoms with Crippen molar-refractivity contribution in [1.82, 2.24) is 4.90 Å². The van der Waals surface area contributed by atoms with Gasteiger partial charge in [0.1, 0.15) is 0 Å². The number of carbonyl (C=O) groups is 3. The van der Waals surface area contributed by atoms with Gasteiger partial charge in [-0.3, -0.25) is 19.3 Å². The van der Waals surface area contributed by atoms with Crippen molar-refractivity contribution in [3.8, 4) is 0 Å². The van der Waals surface area contributed by atoms with Gasteiger partial charge in [-0.25, -0.2) is 0 Å². The molecule has 1 aliphatic rings. The van der Waals surface area contributed by atoms with Crippen molar-refractivity contribution in [2.24, 2.45) is 0 Å². The molecule has 1 aliphatic heterocycles. The van der Waals surface area contributed by atoms with E-state index in [1.165, 1.54) is 6.08 Å². The van der Waals surface area contributed by atoms with Crippen LogP contribution in [0.15, 0.2) is 11.6 Å². The molecule has 0 fully saturated rings. The summed E-state index contributed by atoms with van der Waals surface area (Å²) in [6, 6.07) is 0. The Balaban J connectivity index is 2.60. The number of carboxylic acids is 1. The molecule has 0 aliphatic carbocycles. The third-order valence-corrected chi connectivity index (χ3v) is 2.15. The first-order valence-electron chi connectivity index (χ1n) is 4.84. The Morgan fingerprint density at radius 1 is 1.47 bits per heavy atom. The summed E-state index contributed by atoms with van der Waals surface area (Å²) in [7, 11) is 0. The van der Waals surface area contributed by atoms with E-state index in [1.54, 1.807) is 0 Å². The molecule has 2 amide bonds. The van der Waals surface area contributed by atoms with Gasteiger partial charge < -0.3 is 5.11 Å². The Bertz CT molecular complexity index is 332. The molecule has 1 rings (SSSR count). The van der Waals surface area contributed by atoms with Gasteiger partial charge in [-0.15, -0.1) is 0 Å². The van der Waals surface area contributed by atoms with Gasteiger partial charge in [0.2, 0.25) is 0 Å². The molecule has 15 heavy (non-hydrogen) atoms. The van der Waals surface area contributed by atoms with Crippen LogP contribution in [0.3, 0.4) is 0 Å². The second-order valence-electron chi connectivity index (χ2n) is 3.36. The molecule has 0 aromatic heterocycles. The zero-order valence-corrected chi connectivity index (χ0v) is 8.52. The first kappa shape index (κ1) is 11.4. The Labute approximate surface area is 87.4 Å². The smallest absolute Gasteiger partial charge is 0.305 e. The van der Waals surface area contributed by atoms with Crippen molar-refractivity contribution in [2.75, 3.05) is 6.54 Å². The zero-order chi connectivity index (χ0) is 11.4. The Kier molecular flexibility index (Phi) is 3.60. The molecule has 0 saturated carbocycles. The Morgan fingerprint density at radius 3 is 2.67 bits per heavy atom. The molecule has 1 heterocycles. The molecule has 1 N–H and O–H groups in total. The second-order valence-corrected chi connectivity index (χ2v) is 3.36. The molecule has 0 spiro atoms. The molecular formula is C10H13NO4. The van der Waals surface area contributed by atoms with Crippen LogP contribution in [-0.2, 0) is 14.4 Å². The highest BCUT2D eigenvalue weighted by atomic mass is 16.4. The summed E-state index contributed by atoms with van der Waals surface area (Å²) in [5.41, 5.74) is 0.480. The average Bonchev–Trinajstić information content (AvgIpc) is 2.40. The van der Waals surface area contributed by atoms with E-state index in [0.29, 0.717) is 12.0 Å². The van der Waals surface area contributed by atoms with Gasteiger partial charge in [0.25, 0.3) is 11.8 Å². The maximum Gasteiger partial charge on any atom is 0.305 e. The van der Waals surface area contributed by atoms with Crippen LogP contribution in [0.5, 0.6) is 0 Å². The predicted molar refractivity (Wildman–Crippen MR) is 52.0 cm³/mol. The van der Waals surface area contributed by atoms with Crippen LogP contribution in [0.25, 0.3) is 0 Å². The molecular weight excluding hydrogens is 198 g/mol. The van der Waals surface area contributed by atoms with E-state index < -0.39 is 11.9 Å². The quantitative estimate of drug-likeness (QED) is 0.674. The van der Waals surface area contributed by atoms with Crippen LogP contribution in [0.4, 0.5) is 0 Å². The molecule has 0 bridgehead atoms. The standard InChI is InChI=1S/C10H13NO4/c1-2-3-7-6-8(12)11(10(7)15)5-4-9(13)14/h6H,2-5H2,1H3,(H,13,14). The highest BCUT2D eigenvalue weighted by Crippen LogP contribution is 2.17. The van der Waals surface area contributed by atoms with E-state index in [-0.39, 0.29) is 18.9 Å². The molecule has 0 aromatic rings. The number of carboxylic acid groups (broad SMARTS) is 1. The van der Waals surface area contributed by atoms with Crippen molar-refractivity contribution in [1.29, 1.82) is 0 Å². The lowest BCUT2D eigenvalue weighted by molar-refractivity contribution is -0.140. The number of rotatable bonds is 5. The molecule has 5 nitrogen and oxygen atoms in total. The van der Waals surface area contributed by atoms with Gasteiger partial charge in [0.05, 0.1) is 6.42 Å². The predicted octanol–water partition coefficient (Wildman–Crippen LogP) is 0.556. The fraction of sp³-hybridized carbons (Fsp3) is 0.500. The van der Waals surface area contributed by atoms with Gasteiger partial charge in [0, 0.05) is 18.2 Å². The van der Waals surface area contributed by atoms with Crippen molar-refractivity contribution >= 4 is 17.8 Å². The number of nitrogens with zero attached hydrogens (tertiary/aromatic N) is 1. The maximum atomic E-state index is 11.6. The lowest BCUT2D eigenvalue weighted by Gasteiger charge is -2.12. The molecule has 82 valence electrons. The molecule has 0 unspecified atom stereocenters. The number of amides is 2. The van der Waals surface area contributed by atoms with Crippen LogP contribution in [0, 0.1) is 0 Å². The summed E-state index contributed by atoms with van der Waals surface area (Å²) in [5.74, 6) is -1.76. The maximum absolute atomic E-state index is 11.6. The number of carbonyl (C=O) groups excluding carboxylic acids is 2. The minimum absolute atomic E-state index is 0.0449. The van der Waals surface area contributed by atoms with Gasteiger partial charge in [-0.05, 0) is 6.42 Å². The number of imide groups is 1. The third-order valence-electron chi connectivity index (χ3n) is 2.15. The average molecular weight is 211 g/mol. The van der Waals surface area contributed by atoms with Crippen LogP contribution in [0.2, 0.25) is 0 Å². The fourth-order valence-electron chi connectivity index (χ4n) is 1.43. The van der Waals surface area contributed by atoms with E-state index in [9.17, 15) is 14.4 Å². The fourth-order valence-corrected chi connectivity index (χ4v) is 1.43. The van der Waals surface area contributed by atoms with Gasteiger partial charge in [-0.2, -0.15) is 0 Å². The van der Waals surface area contributed by atoms with Crippen molar-refractivity contribution in [2.45, 2.75) is 26.2 Å². The summed E-state index contributed by atoms with van der Waals surface area (Å²) in [5, 5.41) is 8.45. The van der Waals surface area contributed by atoms with E-state index in [0.717, 1.165) is 11.3 Å². The normalized spacial score (nSPS) is 15.8. The zero-order valence-electron chi connectivity index (χ0n) is 8.52. The lowest BCUT2D eigenvalue weighted by Crippen LogP contribution is -2.33. The highest BCUT2D eigenvalue weighted by Gasteiger charge is 2.29. The van der Waals surface area contributed by atoms with Crippen molar-refractivity contribution < 1.29 is 19.5 Å². The summed E-state index contributed by atoms with van der Waals surface area (Å²) in [6.07, 6.45) is 2.45. The first-order chi connectivity index (χ1) is 7.06. The number of hydrogen-bond acceptors (Lipinski definition) is 3. The molecule has 0 atom stereocenters. The molecule has 0 radical (unpaired) electrons. The minimum Gasteiger partial charge on any atom is -0.481 e. The number of aliphatic carboxylic acids is 1. The second kappa shape index (κ2) is 4.72. The van der Waals surface area contributed by atoms with Crippen LogP contribution in [0.1, 0.15) is 26.2 Å². The van der Waals surface area contributed by atoms with Crippen LogP contribution in [-0.4, -0.2) is 34.3 Å². The Morgan fingerprint density at radius 2 is 2.13 bits per heavy atom. The largest absolute Gasteiger partial charge is 0.481 e. The van der Waals surface area contributed by atoms with E-state index >= 15 is 0 Å². The van der Waals surface area contributed by atoms with Crippen molar-refractivity contribution in [3.05, 3.63) is 11.6 Å².